The summed E-state index contributed by atoms with van der Waals surface area (Å²) in [6.45, 7) is 5.38. The number of nitrogens with zero attached hydrogens (tertiary/aromatic N) is 1. The third-order valence-electron chi connectivity index (χ3n) is 2.80. The second-order valence-corrected chi connectivity index (χ2v) is 3.48. The van der Waals surface area contributed by atoms with Crippen LogP contribution in [-0.4, -0.2) is 36.0 Å². The molecule has 3 nitrogen and oxygen atoms in total. The number of fused-ring (bicyclic) bond motifs is 2. The van der Waals surface area contributed by atoms with E-state index in [-0.39, 0.29) is 11.9 Å². The van der Waals surface area contributed by atoms with Gasteiger partial charge in [-0.1, -0.05) is 6.08 Å². The summed E-state index contributed by atoms with van der Waals surface area (Å²) in [5.74, 6) is 0.200. The van der Waals surface area contributed by atoms with Crippen molar-refractivity contribution in [1.29, 1.82) is 0 Å². The zero-order chi connectivity index (χ0) is 8.55. The lowest BCUT2D eigenvalue weighted by Crippen LogP contribution is -2.55. The SMILES string of the molecule is C=CCN1C2CCC1C(=O)NC2. The Kier molecular flexibility index (Phi) is 1.89. The molecule has 2 rings (SSSR count). The van der Waals surface area contributed by atoms with Crippen LogP contribution in [0.15, 0.2) is 12.7 Å². The molecule has 2 saturated heterocycles. The predicted octanol–water partition coefficient (Wildman–Crippen LogP) is 0.135. The summed E-state index contributed by atoms with van der Waals surface area (Å²) in [6, 6.07) is 0.687. The maximum Gasteiger partial charge on any atom is 0.237 e. The summed E-state index contributed by atoms with van der Waals surface area (Å²) in [6.07, 6.45) is 4.05. The highest BCUT2D eigenvalue weighted by atomic mass is 16.2. The van der Waals surface area contributed by atoms with Gasteiger partial charge in [-0.3, -0.25) is 9.69 Å². The molecular formula is C9H14N2O. The number of carbonyl (C=O) groups is 1. The van der Waals surface area contributed by atoms with E-state index in [0.29, 0.717) is 6.04 Å². The lowest BCUT2D eigenvalue weighted by atomic mass is 10.2. The lowest BCUT2D eigenvalue weighted by Gasteiger charge is -2.33. The van der Waals surface area contributed by atoms with Gasteiger partial charge in [0.25, 0.3) is 0 Å². The maximum absolute atomic E-state index is 11.4. The monoisotopic (exact) mass is 166 g/mol. The van der Waals surface area contributed by atoms with Gasteiger partial charge in [-0.2, -0.15) is 0 Å². The minimum atomic E-state index is 0.127. The molecule has 2 bridgehead atoms. The zero-order valence-corrected chi connectivity index (χ0v) is 7.12. The average molecular weight is 166 g/mol. The Morgan fingerprint density at radius 1 is 1.67 bits per heavy atom. The normalized spacial score (nSPS) is 34.8. The molecule has 2 aliphatic heterocycles. The van der Waals surface area contributed by atoms with Crippen LogP contribution in [0.5, 0.6) is 0 Å². The van der Waals surface area contributed by atoms with Gasteiger partial charge < -0.3 is 5.32 Å². The third-order valence-corrected chi connectivity index (χ3v) is 2.80. The highest BCUT2D eigenvalue weighted by molar-refractivity contribution is 5.83. The lowest BCUT2D eigenvalue weighted by molar-refractivity contribution is -0.128. The van der Waals surface area contributed by atoms with E-state index in [0.717, 1.165) is 25.9 Å². The minimum absolute atomic E-state index is 0.127. The van der Waals surface area contributed by atoms with Crippen LogP contribution in [0.4, 0.5) is 0 Å². The number of piperazine rings is 1. The molecule has 2 fully saturated rings. The smallest absolute Gasteiger partial charge is 0.237 e. The number of hydrogen-bond donors (Lipinski definition) is 1. The van der Waals surface area contributed by atoms with Gasteiger partial charge in [-0.05, 0) is 12.8 Å². The molecular weight excluding hydrogens is 152 g/mol. The molecule has 3 heteroatoms. The Balaban J connectivity index is 2.13. The van der Waals surface area contributed by atoms with Crippen molar-refractivity contribution in [2.45, 2.75) is 24.9 Å². The quantitative estimate of drug-likeness (QED) is 0.592. The first-order valence-corrected chi connectivity index (χ1v) is 4.47. The minimum Gasteiger partial charge on any atom is -0.353 e. The van der Waals surface area contributed by atoms with E-state index in [9.17, 15) is 4.79 Å². The first kappa shape index (κ1) is 7.80. The van der Waals surface area contributed by atoms with Crippen LogP contribution in [0, 0.1) is 0 Å². The molecule has 2 atom stereocenters. The molecule has 2 heterocycles. The molecule has 2 aliphatic rings. The van der Waals surface area contributed by atoms with Crippen LogP contribution >= 0.6 is 0 Å². The first-order chi connectivity index (χ1) is 5.83. The fourth-order valence-electron chi connectivity index (χ4n) is 2.20. The maximum atomic E-state index is 11.4. The molecule has 0 aromatic carbocycles. The molecule has 2 unspecified atom stereocenters. The molecule has 1 amide bonds. The van der Waals surface area contributed by atoms with Crippen molar-refractivity contribution in [2.75, 3.05) is 13.1 Å². The molecule has 0 spiro atoms. The molecule has 66 valence electrons. The van der Waals surface area contributed by atoms with Gasteiger partial charge >= 0.3 is 0 Å². The van der Waals surface area contributed by atoms with Crippen molar-refractivity contribution >= 4 is 5.91 Å². The average Bonchev–Trinajstić information content (AvgIpc) is 2.35. The largest absolute Gasteiger partial charge is 0.353 e. The molecule has 1 N–H and O–H groups in total. The molecule has 0 radical (unpaired) electrons. The van der Waals surface area contributed by atoms with Gasteiger partial charge in [-0.25, -0.2) is 0 Å². The zero-order valence-electron chi connectivity index (χ0n) is 7.12. The van der Waals surface area contributed by atoms with Crippen LogP contribution in [0.1, 0.15) is 12.8 Å². The van der Waals surface area contributed by atoms with E-state index in [4.69, 9.17) is 0 Å². The Labute approximate surface area is 72.4 Å². The van der Waals surface area contributed by atoms with Crippen LogP contribution < -0.4 is 5.32 Å². The van der Waals surface area contributed by atoms with Gasteiger partial charge in [0.1, 0.15) is 0 Å². The van der Waals surface area contributed by atoms with E-state index < -0.39 is 0 Å². The van der Waals surface area contributed by atoms with E-state index in [1.165, 1.54) is 0 Å². The first-order valence-electron chi connectivity index (χ1n) is 4.47. The van der Waals surface area contributed by atoms with Crippen LogP contribution in [0.3, 0.4) is 0 Å². The summed E-state index contributed by atoms with van der Waals surface area (Å²) in [5, 5.41) is 2.92. The molecule has 12 heavy (non-hydrogen) atoms. The standard InChI is InChI=1S/C9H14N2O/c1-2-5-11-7-3-4-8(11)9(12)10-6-7/h2,7-8H,1,3-6H2,(H,10,12). The van der Waals surface area contributed by atoms with E-state index in [1.807, 2.05) is 6.08 Å². The van der Waals surface area contributed by atoms with E-state index in [1.54, 1.807) is 0 Å². The fraction of sp³-hybridized carbons (Fsp3) is 0.667. The number of rotatable bonds is 2. The molecule has 0 aliphatic carbocycles. The van der Waals surface area contributed by atoms with Gasteiger partial charge in [0.05, 0.1) is 6.04 Å². The predicted molar refractivity (Wildman–Crippen MR) is 46.7 cm³/mol. The second-order valence-electron chi connectivity index (χ2n) is 3.48. The Hall–Kier alpha value is -0.830. The van der Waals surface area contributed by atoms with Crippen molar-refractivity contribution in [2.24, 2.45) is 0 Å². The van der Waals surface area contributed by atoms with Gasteiger partial charge in [-0.15, -0.1) is 6.58 Å². The van der Waals surface area contributed by atoms with Crippen molar-refractivity contribution in [3.8, 4) is 0 Å². The van der Waals surface area contributed by atoms with Crippen LogP contribution in [0.2, 0.25) is 0 Å². The van der Waals surface area contributed by atoms with E-state index in [2.05, 4.69) is 16.8 Å². The Bertz CT molecular complexity index is 215. The van der Waals surface area contributed by atoms with Gasteiger partial charge in [0.15, 0.2) is 0 Å². The van der Waals surface area contributed by atoms with E-state index >= 15 is 0 Å². The van der Waals surface area contributed by atoms with Gasteiger partial charge in [0.2, 0.25) is 5.91 Å². The summed E-state index contributed by atoms with van der Waals surface area (Å²) >= 11 is 0. The van der Waals surface area contributed by atoms with Crippen LogP contribution in [0.25, 0.3) is 0 Å². The van der Waals surface area contributed by atoms with Crippen molar-refractivity contribution < 1.29 is 4.79 Å². The van der Waals surface area contributed by atoms with Crippen molar-refractivity contribution in [3.05, 3.63) is 12.7 Å². The summed E-state index contributed by atoms with van der Waals surface area (Å²) in [5.41, 5.74) is 0. The second kappa shape index (κ2) is 2.90. The topological polar surface area (TPSA) is 32.3 Å². The summed E-state index contributed by atoms with van der Waals surface area (Å²) in [4.78, 5) is 13.6. The van der Waals surface area contributed by atoms with Gasteiger partial charge in [0, 0.05) is 19.1 Å². The number of hydrogen-bond acceptors (Lipinski definition) is 2. The third kappa shape index (κ3) is 1.05. The Morgan fingerprint density at radius 2 is 2.50 bits per heavy atom. The number of nitrogens with one attached hydrogen (secondary N) is 1. The fourth-order valence-corrected chi connectivity index (χ4v) is 2.20. The highest BCUT2D eigenvalue weighted by Crippen LogP contribution is 2.26. The molecule has 0 aromatic heterocycles. The van der Waals surface area contributed by atoms with Crippen molar-refractivity contribution in [1.82, 2.24) is 10.2 Å². The summed E-state index contributed by atoms with van der Waals surface area (Å²) < 4.78 is 0. The summed E-state index contributed by atoms with van der Waals surface area (Å²) in [7, 11) is 0. The Morgan fingerprint density at radius 3 is 3.25 bits per heavy atom. The number of amides is 1. The molecule has 0 aromatic rings. The molecule has 0 saturated carbocycles. The highest BCUT2D eigenvalue weighted by Gasteiger charge is 2.40. The number of carbonyl (C=O) groups excluding carboxylic acids is 1. The van der Waals surface area contributed by atoms with Crippen molar-refractivity contribution in [3.63, 3.8) is 0 Å². The van der Waals surface area contributed by atoms with Crippen LogP contribution in [-0.2, 0) is 4.79 Å².